The summed E-state index contributed by atoms with van der Waals surface area (Å²) in [6.07, 6.45) is 6.42. The number of hydrogen-bond donors (Lipinski definition) is 3. The van der Waals surface area contributed by atoms with Gasteiger partial charge < -0.3 is 20.9 Å². The number of para-hydroxylation sites is 1. The van der Waals surface area contributed by atoms with E-state index in [9.17, 15) is 9.59 Å². The Morgan fingerprint density at radius 3 is 2.90 bits per heavy atom. The van der Waals surface area contributed by atoms with Crippen molar-refractivity contribution in [2.24, 2.45) is 23.7 Å². The van der Waals surface area contributed by atoms with Crippen molar-refractivity contribution < 1.29 is 9.59 Å². The van der Waals surface area contributed by atoms with E-state index in [2.05, 4.69) is 27.8 Å². The van der Waals surface area contributed by atoms with Gasteiger partial charge in [0, 0.05) is 37.2 Å². The molecule has 2 aliphatic heterocycles. The summed E-state index contributed by atoms with van der Waals surface area (Å²) in [7, 11) is 0. The summed E-state index contributed by atoms with van der Waals surface area (Å²) < 4.78 is 0. The zero-order chi connectivity index (χ0) is 20.7. The Bertz CT molecular complexity index is 827. The van der Waals surface area contributed by atoms with Crippen molar-refractivity contribution in [3.63, 3.8) is 0 Å². The highest BCUT2D eigenvalue weighted by atomic mass is 16.2. The Kier molecular flexibility index (Phi) is 5.21. The number of piperidine rings is 1. The van der Waals surface area contributed by atoms with Crippen LogP contribution >= 0.6 is 0 Å². The third-order valence-corrected chi connectivity index (χ3v) is 7.95. The summed E-state index contributed by atoms with van der Waals surface area (Å²) in [6, 6.07) is 7.73. The van der Waals surface area contributed by atoms with Gasteiger partial charge >= 0.3 is 0 Å². The number of anilines is 1. The van der Waals surface area contributed by atoms with E-state index in [-0.39, 0.29) is 17.7 Å². The first-order valence-electron chi connectivity index (χ1n) is 11.7. The first-order valence-corrected chi connectivity index (χ1v) is 11.7. The minimum atomic E-state index is -0.394. The molecule has 3 N–H and O–H groups in total. The number of nitrogens with zero attached hydrogens (tertiary/aromatic N) is 1. The Balaban J connectivity index is 1.20. The van der Waals surface area contributed by atoms with E-state index >= 15 is 0 Å². The first-order chi connectivity index (χ1) is 14.5. The molecule has 162 valence electrons. The first kappa shape index (κ1) is 19.9. The van der Waals surface area contributed by atoms with E-state index in [0.29, 0.717) is 17.4 Å². The largest absolute Gasteiger partial charge is 0.362 e. The molecule has 5 aliphatic rings. The van der Waals surface area contributed by atoms with E-state index in [4.69, 9.17) is 0 Å². The minimum Gasteiger partial charge on any atom is -0.362 e. The van der Waals surface area contributed by atoms with Crippen LogP contribution in [0.15, 0.2) is 24.3 Å². The van der Waals surface area contributed by atoms with Crippen LogP contribution in [0.2, 0.25) is 0 Å². The lowest BCUT2D eigenvalue weighted by atomic mass is 9.58. The van der Waals surface area contributed by atoms with Crippen LogP contribution in [0.3, 0.4) is 0 Å². The number of fused-ring (bicyclic) bond motifs is 3. The SMILES string of the molecule is CC1CCCN(CCNC(=O)C2CC3CCC2C[C@@]32NC(=O)c3ccccc3N2)C1. The minimum absolute atomic E-state index is 0.00802. The molecule has 3 saturated carbocycles. The van der Waals surface area contributed by atoms with Crippen LogP contribution in [0.25, 0.3) is 0 Å². The van der Waals surface area contributed by atoms with Gasteiger partial charge in [0.05, 0.1) is 5.56 Å². The molecule has 6 nitrogen and oxygen atoms in total. The topological polar surface area (TPSA) is 73.5 Å². The van der Waals surface area contributed by atoms with Crippen LogP contribution in [0, 0.1) is 23.7 Å². The summed E-state index contributed by atoms with van der Waals surface area (Å²) in [5.41, 5.74) is 1.24. The smallest absolute Gasteiger partial charge is 0.255 e. The molecule has 0 radical (unpaired) electrons. The molecular formula is C24H34N4O2. The molecule has 2 bridgehead atoms. The number of carbonyl (C=O) groups is 2. The van der Waals surface area contributed by atoms with E-state index in [1.165, 1.54) is 12.8 Å². The van der Waals surface area contributed by atoms with E-state index in [1.54, 1.807) is 0 Å². The molecule has 1 saturated heterocycles. The molecule has 6 rings (SSSR count). The maximum Gasteiger partial charge on any atom is 0.255 e. The van der Waals surface area contributed by atoms with E-state index in [1.807, 2.05) is 24.3 Å². The average molecular weight is 411 g/mol. The van der Waals surface area contributed by atoms with Gasteiger partial charge in [-0.05, 0) is 69.0 Å². The highest BCUT2D eigenvalue weighted by Gasteiger charge is 2.55. The maximum atomic E-state index is 13.0. The van der Waals surface area contributed by atoms with Crippen molar-refractivity contribution in [2.45, 2.75) is 51.1 Å². The second-order valence-corrected chi connectivity index (χ2v) is 10.0. The zero-order valence-corrected chi connectivity index (χ0v) is 18.0. The number of nitrogens with one attached hydrogen (secondary N) is 3. The van der Waals surface area contributed by atoms with Crippen LogP contribution in [-0.4, -0.2) is 48.6 Å². The molecule has 1 aromatic rings. The lowest BCUT2D eigenvalue weighted by Crippen LogP contribution is -2.68. The van der Waals surface area contributed by atoms with Crippen LogP contribution in [-0.2, 0) is 4.79 Å². The van der Waals surface area contributed by atoms with Gasteiger partial charge in [0.15, 0.2) is 0 Å². The van der Waals surface area contributed by atoms with E-state index in [0.717, 1.165) is 63.5 Å². The monoisotopic (exact) mass is 410 g/mol. The molecule has 30 heavy (non-hydrogen) atoms. The molecular weight excluding hydrogens is 376 g/mol. The Morgan fingerprint density at radius 1 is 1.23 bits per heavy atom. The quantitative estimate of drug-likeness (QED) is 0.714. The number of hydrogen-bond acceptors (Lipinski definition) is 4. The Morgan fingerprint density at radius 2 is 2.10 bits per heavy atom. The standard InChI is InChI=1S/C24H34N4O2/c1-16-5-4-11-28(15-16)12-10-25-22(29)20-13-18-9-8-17(20)14-24(18)26-21-7-3-2-6-19(21)23(30)27-24/h2-3,6-7,16-18,20,26H,4-5,8-15H2,1H3,(H,25,29)(H,27,30)/t16?,17?,18?,20?,24-/m1/s1. The molecule has 5 atom stereocenters. The number of rotatable bonds is 4. The van der Waals surface area contributed by atoms with Gasteiger partial charge in [0.2, 0.25) is 5.91 Å². The predicted molar refractivity (Wildman–Crippen MR) is 117 cm³/mol. The second-order valence-electron chi connectivity index (χ2n) is 10.0. The molecule has 2 amide bonds. The van der Waals surface area contributed by atoms with Crippen molar-refractivity contribution in [2.75, 3.05) is 31.5 Å². The molecule has 4 fully saturated rings. The van der Waals surface area contributed by atoms with Gasteiger partial charge in [-0.3, -0.25) is 9.59 Å². The molecule has 2 heterocycles. The van der Waals surface area contributed by atoms with Crippen molar-refractivity contribution >= 4 is 17.5 Å². The average Bonchev–Trinajstić information content (AvgIpc) is 2.74. The lowest BCUT2D eigenvalue weighted by Gasteiger charge is -2.56. The molecule has 1 spiro atoms. The number of benzene rings is 1. The third-order valence-electron chi connectivity index (χ3n) is 7.95. The van der Waals surface area contributed by atoms with Gasteiger partial charge in [-0.2, -0.15) is 0 Å². The van der Waals surface area contributed by atoms with Gasteiger partial charge in [-0.25, -0.2) is 0 Å². The summed E-state index contributed by atoms with van der Waals surface area (Å²) in [6.45, 7) is 6.32. The molecule has 1 aromatic carbocycles. The molecule has 0 aromatic heterocycles. The molecule has 4 unspecified atom stereocenters. The third kappa shape index (κ3) is 3.59. The van der Waals surface area contributed by atoms with Crippen molar-refractivity contribution in [1.82, 2.24) is 15.5 Å². The molecule has 6 heteroatoms. The fourth-order valence-corrected chi connectivity index (χ4v) is 6.42. The summed E-state index contributed by atoms with van der Waals surface area (Å²) in [5, 5.41) is 10.2. The lowest BCUT2D eigenvalue weighted by molar-refractivity contribution is -0.132. The summed E-state index contributed by atoms with van der Waals surface area (Å²) in [5.74, 6) is 1.68. The van der Waals surface area contributed by atoms with Gasteiger partial charge in [0.1, 0.15) is 5.66 Å². The molecule has 3 aliphatic carbocycles. The van der Waals surface area contributed by atoms with Crippen LogP contribution < -0.4 is 16.0 Å². The highest BCUT2D eigenvalue weighted by molar-refractivity contribution is 6.02. The van der Waals surface area contributed by atoms with Gasteiger partial charge in [0.25, 0.3) is 5.91 Å². The van der Waals surface area contributed by atoms with Crippen LogP contribution in [0.5, 0.6) is 0 Å². The normalized spacial score (nSPS) is 35.4. The highest BCUT2D eigenvalue weighted by Crippen LogP contribution is 2.51. The summed E-state index contributed by atoms with van der Waals surface area (Å²) in [4.78, 5) is 28.2. The van der Waals surface area contributed by atoms with Crippen molar-refractivity contribution in [1.29, 1.82) is 0 Å². The fourth-order valence-electron chi connectivity index (χ4n) is 6.42. The predicted octanol–water partition coefficient (Wildman–Crippen LogP) is 2.82. The van der Waals surface area contributed by atoms with Gasteiger partial charge in [-0.15, -0.1) is 0 Å². The van der Waals surface area contributed by atoms with Crippen molar-refractivity contribution in [3.05, 3.63) is 29.8 Å². The number of amides is 2. The van der Waals surface area contributed by atoms with E-state index < -0.39 is 5.66 Å². The zero-order valence-electron chi connectivity index (χ0n) is 18.0. The maximum absolute atomic E-state index is 13.0. The Labute approximate surface area is 179 Å². The van der Waals surface area contributed by atoms with Crippen LogP contribution in [0.4, 0.5) is 5.69 Å². The van der Waals surface area contributed by atoms with Crippen molar-refractivity contribution in [3.8, 4) is 0 Å². The second kappa shape index (κ2) is 7.88. The fraction of sp³-hybridized carbons (Fsp3) is 0.667. The van der Waals surface area contributed by atoms with Gasteiger partial charge in [-0.1, -0.05) is 19.1 Å². The number of likely N-dealkylation sites (tertiary alicyclic amines) is 1. The summed E-state index contributed by atoms with van der Waals surface area (Å²) >= 11 is 0. The van der Waals surface area contributed by atoms with Crippen LogP contribution in [0.1, 0.15) is 55.8 Å². The number of carbonyl (C=O) groups excluding carboxylic acids is 2. The Hall–Kier alpha value is -2.08.